The summed E-state index contributed by atoms with van der Waals surface area (Å²) in [7, 11) is -3.55. The van der Waals surface area contributed by atoms with Crippen LogP contribution >= 0.6 is 0 Å². The van der Waals surface area contributed by atoms with Gasteiger partial charge in [-0.3, -0.25) is 4.79 Å². The monoisotopic (exact) mass is 241 g/mol. The third-order valence-electron chi connectivity index (χ3n) is 1.78. The van der Waals surface area contributed by atoms with Crippen LogP contribution < -0.4 is 4.72 Å². The Labute approximate surface area is 93.5 Å². The Bertz CT molecular complexity index is 507. The number of hydrogen-bond donors (Lipinski definition) is 2. The van der Waals surface area contributed by atoms with E-state index in [1.807, 2.05) is 4.72 Å². The summed E-state index contributed by atoms with van der Waals surface area (Å²) >= 11 is 0. The number of nitrogens with one attached hydrogen (secondary N) is 1. The summed E-state index contributed by atoms with van der Waals surface area (Å²) in [5.41, 5.74) is 0.220. The molecule has 1 aliphatic rings. The minimum Gasteiger partial charge on any atom is -0.392 e. The molecule has 6 heteroatoms. The molecular weight excluding hydrogens is 230 g/mol. The maximum atomic E-state index is 11.1. The lowest BCUT2D eigenvalue weighted by atomic mass is 10.2. The van der Waals surface area contributed by atoms with Crippen LogP contribution in [-0.2, 0) is 10.0 Å². The molecule has 1 heterocycles. The first-order valence-electron chi connectivity index (χ1n) is 4.41. The van der Waals surface area contributed by atoms with Gasteiger partial charge in [0.1, 0.15) is 4.90 Å². The Hall–Kier alpha value is -1.66. The van der Waals surface area contributed by atoms with Gasteiger partial charge in [-0.15, -0.1) is 6.58 Å². The molecule has 1 amide bonds. The summed E-state index contributed by atoms with van der Waals surface area (Å²) in [6, 6.07) is 6.09. The summed E-state index contributed by atoms with van der Waals surface area (Å²) in [4.78, 5) is 11.1. The highest BCUT2D eigenvalue weighted by Crippen LogP contribution is 2.20. The number of carbonyl (C=O) groups excluding carboxylic acids is 1. The number of aliphatic hydroxyl groups excluding tert-OH is 1. The van der Waals surface area contributed by atoms with E-state index in [2.05, 4.69) is 6.58 Å². The van der Waals surface area contributed by atoms with Crippen molar-refractivity contribution in [1.82, 2.24) is 4.72 Å². The van der Waals surface area contributed by atoms with Crippen LogP contribution in [0.25, 0.3) is 0 Å². The van der Waals surface area contributed by atoms with Gasteiger partial charge in [0.05, 0.1) is 12.2 Å². The number of fused-ring (bicyclic) bond motifs is 1. The molecule has 86 valence electrons. The van der Waals surface area contributed by atoms with E-state index in [1.54, 1.807) is 12.1 Å². The van der Waals surface area contributed by atoms with E-state index in [0.717, 1.165) is 0 Å². The number of rotatable bonds is 1. The topological polar surface area (TPSA) is 83.5 Å². The predicted octanol–water partition coefficient (Wildman–Crippen LogP) is 0.283. The predicted molar refractivity (Wildman–Crippen MR) is 58.4 cm³/mol. The van der Waals surface area contributed by atoms with Crippen molar-refractivity contribution < 1.29 is 18.3 Å². The SMILES string of the molecule is C=CCO.O=C1NS(=O)(=O)c2ccccc21. The van der Waals surface area contributed by atoms with Gasteiger partial charge < -0.3 is 5.11 Å². The lowest BCUT2D eigenvalue weighted by Gasteiger charge is -1.91. The number of hydrogen-bond acceptors (Lipinski definition) is 4. The fraction of sp³-hybridized carbons (Fsp3) is 0.100. The van der Waals surface area contributed by atoms with E-state index in [-0.39, 0.29) is 17.1 Å². The summed E-state index contributed by atoms with van der Waals surface area (Å²) in [5.74, 6) is -0.550. The molecule has 0 bridgehead atoms. The largest absolute Gasteiger partial charge is 0.392 e. The molecule has 0 aliphatic carbocycles. The van der Waals surface area contributed by atoms with Gasteiger partial charge in [0, 0.05) is 0 Å². The minimum absolute atomic E-state index is 0.0648. The molecule has 5 nitrogen and oxygen atoms in total. The highest BCUT2D eigenvalue weighted by Gasteiger charge is 2.31. The lowest BCUT2D eigenvalue weighted by molar-refractivity contribution is 0.0985. The Morgan fingerprint density at radius 3 is 2.44 bits per heavy atom. The van der Waals surface area contributed by atoms with Crippen LogP contribution in [0.2, 0.25) is 0 Å². The standard InChI is InChI=1S/C7H5NO3S.C3H6O/c9-7-5-3-1-2-4-6(5)12(10,11)8-7;1-2-3-4/h1-4H,(H,8,9);2,4H,1,3H2. The Kier molecular flexibility index (Phi) is 3.81. The lowest BCUT2D eigenvalue weighted by Crippen LogP contribution is -2.20. The maximum absolute atomic E-state index is 11.1. The summed E-state index contributed by atoms with van der Waals surface area (Å²) in [6.07, 6.45) is 1.43. The Morgan fingerprint density at radius 1 is 1.38 bits per heavy atom. The molecule has 0 fully saturated rings. The first-order chi connectivity index (χ1) is 7.53. The van der Waals surface area contributed by atoms with E-state index < -0.39 is 15.9 Å². The summed E-state index contributed by atoms with van der Waals surface area (Å²) in [5, 5.41) is 7.76. The molecule has 2 rings (SSSR count). The Morgan fingerprint density at radius 2 is 1.94 bits per heavy atom. The number of carbonyl (C=O) groups is 1. The fourth-order valence-electron chi connectivity index (χ4n) is 1.12. The van der Waals surface area contributed by atoms with Crippen molar-refractivity contribution in [2.75, 3.05) is 6.61 Å². The quantitative estimate of drug-likeness (QED) is 0.692. The Balaban J connectivity index is 0.000000280. The van der Waals surface area contributed by atoms with Gasteiger partial charge in [-0.1, -0.05) is 18.2 Å². The zero-order chi connectivity index (χ0) is 12.2. The molecule has 0 atom stereocenters. The van der Waals surface area contributed by atoms with Crippen LogP contribution in [0.15, 0.2) is 41.8 Å². The second kappa shape index (κ2) is 4.91. The molecular formula is C10H11NO4S. The van der Waals surface area contributed by atoms with Crippen LogP contribution in [0.1, 0.15) is 10.4 Å². The molecule has 0 saturated carbocycles. The van der Waals surface area contributed by atoms with Crippen LogP contribution in [0.5, 0.6) is 0 Å². The molecule has 0 aromatic heterocycles. The van der Waals surface area contributed by atoms with Crippen LogP contribution in [0.3, 0.4) is 0 Å². The molecule has 1 aromatic carbocycles. The van der Waals surface area contributed by atoms with Gasteiger partial charge in [-0.2, -0.15) is 0 Å². The average Bonchev–Trinajstić information content (AvgIpc) is 2.51. The van der Waals surface area contributed by atoms with Crippen molar-refractivity contribution in [1.29, 1.82) is 0 Å². The zero-order valence-corrected chi connectivity index (χ0v) is 9.20. The number of benzene rings is 1. The van der Waals surface area contributed by atoms with Crippen molar-refractivity contribution in [2.24, 2.45) is 0 Å². The summed E-state index contributed by atoms with van der Waals surface area (Å²) in [6.45, 7) is 3.31. The third kappa shape index (κ3) is 2.47. The molecule has 0 saturated heterocycles. The second-order valence-corrected chi connectivity index (χ2v) is 4.55. The molecule has 2 N–H and O–H groups in total. The maximum Gasteiger partial charge on any atom is 0.266 e. The number of sulfonamides is 1. The van der Waals surface area contributed by atoms with E-state index in [9.17, 15) is 13.2 Å². The first-order valence-corrected chi connectivity index (χ1v) is 5.89. The minimum atomic E-state index is -3.55. The van der Waals surface area contributed by atoms with Crippen LogP contribution in [-0.4, -0.2) is 26.0 Å². The molecule has 1 aliphatic heterocycles. The highest BCUT2D eigenvalue weighted by atomic mass is 32.2. The van der Waals surface area contributed by atoms with Gasteiger partial charge in [-0.25, -0.2) is 13.1 Å². The fourth-order valence-corrected chi connectivity index (χ4v) is 2.29. The van der Waals surface area contributed by atoms with Crippen molar-refractivity contribution in [3.8, 4) is 0 Å². The molecule has 0 unspecified atom stereocenters. The van der Waals surface area contributed by atoms with Crippen molar-refractivity contribution in [2.45, 2.75) is 4.90 Å². The van der Waals surface area contributed by atoms with Crippen molar-refractivity contribution in [3.05, 3.63) is 42.5 Å². The van der Waals surface area contributed by atoms with Gasteiger partial charge >= 0.3 is 0 Å². The molecule has 16 heavy (non-hydrogen) atoms. The van der Waals surface area contributed by atoms with Gasteiger partial charge in [0.2, 0.25) is 0 Å². The van der Waals surface area contributed by atoms with Crippen LogP contribution in [0.4, 0.5) is 0 Å². The van der Waals surface area contributed by atoms with Crippen molar-refractivity contribution >= 4 is 15.9 Å². The first kappa shape index (κ1) is 12.4. The molecule has 1 aromatic rings. The van der Waals surface area contributed by atoms with E-state index in [0.29, 0.717) is 0 Å². The van der Waals surface area contributed by atoms with Crippen molar-refractivity contribution in [3.63, 3.8) is 0 Å². The van der Waals surface area contributed by atoms with Gasteiger partial charge in [0.15, 0.2) is 0 Å². The zero-order valence-electron chi connectivity index (χ0n) is 8.38. The van der Waals surface area contributed by atoms with Gasteiger partial charge in [-0.05, 0) is 12.1 Å². The van der Waals surface area contributed by atoms with E-state index >= 15 is 0 Å². The molecule has 0 spiro atoms. The van der Waals surface area contributed by atoms with Gasteiger partial charge in [0.25, 0.3) is 15.9 Å². The normalized spacial score (nSPS) is 15.4. The average molecular weight is 241 g/mol. The summed E-state index contributed by atoms with van der Waals surface area (Å²) < 4.78 is 24.2. The van der Waals surface area contributed by atoms with E-state index in [4.69, 9.17) is 5.11 Å². The number of aliphatic hydroxyl groups is 1. The van der Waals surface area contributed by atoms with E-state index in [1.165, 1.54) is 18.2 Å². The van der Waals surface area contributed by atoms with Crippen LogP contribution in [0, 0.1) is 0 Å². The second-order valence-electron chi connectivity index (χ2n) is 2.90. The molecule has 0 radical (unpaired) electrons. The number of amides is 1. The highest BCUT2D eigenvalue weighted by molar-refractivity contribution is 7.90. The smallest absolute Gasteiger partial charge is 0.266 e. The third-order valence-corrected chi connectivity index (χ3v) is 3.17.